The first-order valence-corrected chi connectivity index (χ1v) is 6.34. The van der Waals surface area contributed by atoms with Crippen molar-refractivity contribution in [1.82, 2.24) is 0 Å². The van der Waals surface area contributed by atoms with Crippen molar-refractivity contribution in [2.24, 2.45) is 11.7 Å². The number of nitrogens with zero attached hydrogens (tertiary/aromatic N) is 1. The van der Waals surface area contributed by atoms with Gasteiger partial charge in [-0.2, -0.15) is 0 Å². The molecule has 1 aromatic rings. The number of carbonyl (C=O) groups excluding carboxylic acids is 2. The molecule has 2 N–H and O–H groups in total. The number of halogens is 1. The van der Waals surface area contributed by atoms with Crippen LogP contribution in [0.5, 0.6) is 0 Å². The van der Waals surface area contributed by atoms with Crippen LogP contribution in [0.1, 0.15) is 30.1 Å². The van der Waals surface area contributed by atoms with Gasteiger partial charge in [-0.25, -0.2) is 4.39 Å². The van der Waals surface area contributed by atoms with Crippen LogP contribution in [0.3, 0.4) is 0 Å². The first-order chi connectivity index (χ1) is 9.00. The van der Waals surface area contributed by atoms with Gasteiger partial charge in [0, 0.05) is 13.1 Å². The Morgan fingerprint density at radius 1 is 1.42 bits per heavy atom. The van der Waals surface area contributed by atoms with Crippen LogP contribution in [0.25, 0.3) is 0 Å². The van der Waals surface area contributed by atoms with E-state index in [2.05, 4.69) is 0 Å². The quantitative estimate of drug-likeness (QED) is 0.846. The van der Waals surface area contributed by atoms with E-state index in [0.29, 0.717) is 18.8 Å². The summed E-state index contributed by atoms with van der Waals surface area (Å²) in [4.78, 5) is 24.7. The number of hydrogen-bond donors (Lipinski definition) is 1. The molecule has 0 saturated carbocycles. The normalized spacial score (nSPS) is 19.3. The number of rotatable bonds is 3. The van der Waals surface area contributed by atoms with E-state index in [1.54, 1.807) is 12.1 Å². The Bertz CT molecular complexity index is 516. The molecule has 1 aromatic carbocycles. The Labute approximate surface area is 111 Å². The van der Waals surface area contributed by atoms with Gasteiger partial charge in [-0.1, -0.05) is 6.07 Å². The minimum Gasteiger partial charge on any atom is -0.370 e. The zero-order valence-electron chi connectivity index (χ0n) is 10.9. The van der Waals surface area contributed by atoms with Crippen molar-refractivity contribution >= 4 is 17.4 Å². The first-order valence-electron chi connectivity index (χ1n) is 6.34. The molecule has 1 heterocycles. The van der Waals surface area contributed by atoms with Crippen LogP contribution in [-0.2, 0) is 4.79 Å². The average molecular weight is 264 g/mol. The Morgan fingerprint density at radius 2 is 2.16 bits per heavy atom. The third kappa shape index (κ3) is 2.75. The van der Waals surface area contributed by atoms with Crippen molar-refractivity contribution < 1.29 is 14.0 Å². The first kappa shape index (κ1) is 13.5. The number of nitrogens with two attached hydrogens (primary N) is 1. The van der Waals surface area contributed by atoms with E-state index >= 15 is 0 Å². The fraction of sp³-hybridized carbons (Fsp3) is 0.429. The number of primary amides is 1. The number of benzene rings is 1. The number of anilines is 1. The second-order valence-corrected chi connectivity index (χ2v) is 4.88. The summed E-state index contributed by atoms with van der Waals surface area (Å²) in [5, 5.41) is 0. The van der Waals surface area contributed by atoms with Gasteiger partial charge in [0.25, 0.3) is 0 Å². The summed E-state index contributed by atoms with van der Waals surface area (Å²) >= 11 is 0. The summed E-state index contributed by atoms with van der Waals surface area (Å²) in [6, 6.07) is 4.56. The van der Waals surface area contributed by atoms with Crippen LogP contribution in [0, 0.1) is 11.7 Å². The van der Waals surface area contributed by atoms with E-state index in [4.69, 9.17) is 5.73 Å². The molecular formula is C14H17FN2O2. The molecule has 1 atom stereocenters. The molecule has 102 valence electrons. The summed E-state index contributed by atoms with van der Waals surface area (Å²) < 4.78 is 13.8. The monoisotopic (exact) mass is 264 g/mol. The lowest BCUT2D eigenvalue weighted by molar-refractivity contribution is -0.122. The highest BCUT2D eigenvalue weighted by Gasteiger charge is 2.26. The lowest BCUT2D eigenvalue weighted by atomic mass is 9.96. The predicted octanol–water partition coefficient (Wildman–Crippen LogP) is 1.73. The number of Topliss-reactive ketones (excluding diaryl/α,β-unsaturated/α-hetero) is 1. The molecule has 0 aromatic heterocycles. The molecule has 1 saturated heterocycles. The largest absolute Gasteiger partial charge is 0.370 e. The Morgan fingerprint density at radius 3 is 2.79 bits per heavy atom. The highest BCUT2D eigenvalue weighted by Crippen LogP contribution is 2.28. The fourth-order valence-corrected chi connectivity index (χ4v) is 2.55. The summed E-state index contributed by atoms with van der Waals surface area (Å²) in [7, 11) is 0. The van der Waals surface area contributed by atoms with E-state index in [9.17, 15) is 14.0 Å². The Hall–Kier alpha value is -1.91. The van der Waals surface area contributed by atoms with Gasteiger partial charge in [0.05, 0.1) is 17.2 Å². The summed E-state index contributed by atoms with van der Waals surface area (Å²) in [5.74, 6) is -1.41. The zero-order chi connectivity index (χ0) is 14.0. The van der Waals surface area contributed by atoms with Crippen LogP contribution in [0.2, 0.25) is 0 Å². The minimum atomic E-state index is -0.522. The van der Waals surface area contributed by atoms with Crippen molar-refractivity contribution in [2.75, 3.05) is 18.0 Å². The van der Waals surface area contributed by atoms with Crippen LogP contribution >= 0.6 is 0 Å². The molecule has 4 nitrogen and oxygen atoms in total. The zero-order valence-corrected chi connectivity index (χ0v) is 10.9. The molecule has 5 heteroatoms. The Kier molecular flexibility index (Phi) is 3.83. The van der Waals surface area contributed by atoms with Crippen LogP contribution in [-0.4, -0.2) is 24.8 Å². The second-order valence-electron chi connectivity index (χ2n) is 4.88. The highest BCUT2D eigenvalue weighted by atomic mass is 19.1. The summed E-state index contributed by atoms with van der Waals surface area (Å²) in [6.45, 7) is 2.49. The van der Waals surface area contributed by atoms with Crippen molar-refractivity contribution in [2.45, 2.75) is 19.8 Å². The second kappa shape index (κ2) is 5.38. The average Bonchev–Trinajstić information content (AvgIpc) is 2.38. The fourth-order valence-electron chi connectivity index (χ4n) is 2.55. The third-order valence-corrected chi connectivity index (χ3v) is 3.51. The number of ketones is 1. The van der Waals surface area contributed by atoms with Crippen LogP contribution in [0.15, 0.2) is 18.2 Å². The maximum Gasteiger partial charge on any atom is 0.222 e. The van der Waals surface area contributed by atoms with Gasteiger partial charge < -0.3 is 10.6 Å². The highest BCUT2D eigenvalue weighted by molar-refractivity contribution is 6.00. The lowest BCUT2D eigenvalue weighted by Gasteiger charge is -2.34. The van der Waals surface area contributed by atoms with Crippen molar-refractivity contribution in [3.05, 3.63) is 29.6 Å². The number of hydrogen-bond acceptors (Lipinski definition) is 3. The van der Waals surface area contributed by atoms with Gasteiger partial charge in [-0.15, -0.1) is 0 Å². The molecule has 2 rings (SSSR count). The molecule has 1 aliphatic heterocycles. The molecule has 0 bridgehead atoms. The smallest absolute Gasteiger partial charge is 0.222 e. The standard InChI is InChI=1S/C14H17FN2O2/c1-9(18)13-11(15)5-2-6-12(13)17-7-3-4-10(8-17)14(16)19/h2,5-6,10H,3-4,7-8H2,1H3,(H2,16,19)/t10-/m0/s1. The van der Waals surface area contributed by atoms with Gasteiger partial charge >= 0.3 is 0 Å². The van der Waals surface area contributed by atoms with Gasteiger partial charge in [-0.3, -0.25) is 9.59 Å². The molecule has 1 amide bonds. The van der Waals surface area contributed by atoms with Gasteiger partial charge in [0.1, 0.15) is 5.82 Å². The van der Waals surface area contributed by atoms with E-state index in [1.807, 2.05) is 4.90 Å². The minimum absolute atomic E-state index is 0.0904. The molecule has 0 unspecified atom stereocenters. The van der Waals surface area contributed by atoms with Gasteiger partial charge in [-0.05, 0) is 31.9 Å². The maximum absolute atomic E-state index is 13.8. The molecule has 1 aliphatic rings. The Balaban J connectivity index is 2.34. The SMILES string of the molecule is CC(=O)c1c(F)cccc1N1CCC[C@H](C(N)=O)C1. The van der Waals surface area contributed by atoms with Crippen LogP contribution < -0.4 is 10.6 Å². The topological polar surface area (TPSA) is 63.4 Å². The van der Waals surface area contributed by atoms with E-state index in [1.165, 1.54) is 13.0 Å². The van der Waals surface area contributed by atoms with Crippen molar-refractivity contribution in [3.8, 4) is 0 Å². The molecule has 0 spiro atoms. The molecule has 0 aliphatic carbocycles. The number of piperidine rings is 1. The van der Waals surface area contributed by atoms with Crippen molar-refractivity contribution in [1.29, 1.82) is 0 Å². The molecular weight excluding hydrogens is 247 g/mol. The van der Waals surface area contributed by atoms with E-state index in [-0.39, 0.29) is 23.2 Å². The molecule has 19 heavy (non-hydrogen) atoms. The third-order valence-electron chi connectivity index (χ3n) is 3.51. The van der Waals surface area contributed by atoms with Gasteiger partial charge in [0.15, 0.2) is 5.78 Å². The number of carbonyl (C=O) groups is 2. The van der Waals surface area contributed by atoms with Crippen LogP contribution in [0.4, 0.5) is 10.1 Å². The molecule has 0 radical (unpaired) electrons. The lowest BCUT2D eigenvalue weighted by Crippen LogP contribution is -2.41. The van der Waals surface area contributed by atoms with Crippen molar-refractivity contribution in [3.63, 3.8) is 0 Å². The van der Waals surface area contributed by atoms with Gasteiger partial charge in [0.2, 0.25) is 5.91 Å². The maximum atomic E-state index is 13.8. The summed E-state index contributed by atoms with van der Waals surface area (Å²) in [6.07, 6.45) is 1.55. The molecule has 1 fully saturated rings. The summed E-state index contributed by atoms with van der Waals surface area (Å²) in [5.41, 5.74) is 5.97. The van der Waals surface area contributed by atoms with E-state index in [0.717, 1.165) is 12.8 Å². The predicted molar refractivity (Wildman–Crippen MR) is 70.5 cm³/mol. The number of amides is 1. The van der Waals surface area contributed by atoms with E-state index < -0.39 is 5.82 Å².